The van der Waals surface area contributed by atoms with Crippen LogP contribution in [0.5, 0.6) is 0 Å². The Hall–Kier alpha value is -6.46. The summed E-state index contributed by atoms with van der Waals surface area (Å²) in [5.41, 5.74) is 7.06. The summed E-state index contributed by atoms with van der Waals surface area (Å²) in [6, 6.07) is 30.0. The molecule has 300 valence electrons. The maximum atomic E-state index is 12.9. The Morgan fingerprint density at radius 1 is 0.707 bits per heavy atom. The maximum Gasteiger partial charge on any atom is 0.326 e. The monoisotopic (exact) mass is 826 g/mol. The highest BCUT2D eigenvalue weighted by molar-refractivity contribution is 7.90. The molecule has 1 atom stereocenters. The second-order valence-electron chi connectivity index (χ2n) is 14.4. The minimum absolute atomic E-state index is 0.186. The molecule has 2 aromatic heterocycles. The van der Waals surface area contributed by atoms with Gasteiger partial charge in [-0.25, -0.2) is 24.8 Å². The van der Waals surface area contributed by atoms with E-state index in [-0.39, 0.29) is 16.2 Å². The van der Waals surface area contributed by atoms with Gasteiger partial charge in [0.1, 0.15) is 5.92 Å². The van der Waals surface area contributed by atoms with E-state index in [1.54, 1.807) is 117 Å². The lowest BCUT2D eigenvalue weighted by Gasteiger charge is -2.32. The zero-order valence-corrected chi connectivity index (χ0v) is 32.9. The summed E-state index contributed by atoms with van der Waals surface area (Å²) in [5, 5.41) is 10.6. The lowest BCUT2D eigenvalue weighted by atomic mass is 10.1. The van der Waals surface area contributed by atoms with E-state index in [4.69, 9.17) is 20.3 Å². The van der Waals surface area contributed by atoms with E-state index in [0.29, 0.717) is 47.2 Å². The van der Waals surface area contributed by atoms with Crippen molar-refractivity contribution in [1.29, 1.82) is 0 Å². The number of esters is 2. The summed E-state index contributed by atoms with van der Waals surface area (Å²) >= 11 is 0. The standard InChI is InChI=1S/C19H16N2O5S.C14H12N2O2S.C8H10O4/c22-18-16(19(23)24)9-10-20(18)14-6-7-17-13(12-14)8-11-21(17)27(25,26)15-4-2-1-3-5-15;15-12-6-7-14-11(10-12)8-9-16(14)19(17,18)13-4-2-1-3-5-13;1-7(2)11-5(9)8(3-4-8)6(10)12-7/h1-8,11-12,16H,9-10H2,(H,23,24);1-10H,15H2;3-4H2,1-2H3. The molecule has 1 amide bonds. The quantitative estimate of drug-likeness (QED) is 0.123. The number of ether oxygens (including phenoxy) is 2. The molecule has 15 nitrogen and oxygen atoms in total. The first-order valence-corrected chi connectivity index (χ1v) is 20.9. The molecular formula is C41H38N4O11S2. The fourth-order valence-electron chi connectivity index (χ4n) is 6.68. The number of carbonyl (C=O) groups is 4. The average Bonchev–Trinajstić information content (AvgIpc) is 3.48. The van der Waals surface area contributed by atoms with Crippen molar-refractivity contribution >= 4 is 77.0 Å². The molecule has 4 heterocycles. The Morgan fingerprint density at radius 2 is 1.19 bits per heavy atom. The molecule has 9 rings (SSSR count). The van der Waals surface area contributed by atoms with Crippen LogP contribution in [0.4, 0.5) is 11.4 Å². The summed E-state index contributed by atoms with van der Waals surface area (Å²) in [4.78, 5) is 47.9. The zero-order chi connectivity index (χ0) is 41.6. The average molecular weight is 827 g/mol. The van der Waals surface area contributed by atoms with Crippen LogP contribution in [0.15, 0.2) is 131 Å². The van der Waals surface area contributed by atoms with E-state index >= 15 is 0 Å². The van der Waals surface area contributed by atoms with E-state index in [1.165, 1.54) is 31.2 Å². The first-order chi connectivity index (χ1) is 27.4. The van der Waals surface area contributed by atoms with Gasteiger partial charge in [-0.3, -0.25) is 19.2 Å². The number of benzene rings is 4. The normalized spacial score (nSPS) is 18.1. The molecular weight excluding hydrogens is 789 g/mol. The van der Waals surface area contributed by atoms with Gasteiger partial charge in [0, 0.05) is 54.9 Å². The molecule has 3 fully saturated rings. The fraction of sp³-hybridized carbons (Fsp3) is 0.220. The van der Waals surface area contributed by atoms with Gasteiger partial charge >= 0.3 is 17.9 Å². The SMILES string of the molecule is CC1(C)OC(=O)C2(CC2)C(=O)O1.Nc1ccc2c(ccn2S(=O)(=O)c2ccccc2)c1.O=C(O)C1CCN(c2ccc3c(ccn3S(=O)(=O)c3ccccc3)c2)C1=O. The second kappa shape index (κ2) is 14.8. The highest BCUT2D eigenvalue weighted by Crippen LogP contribution is 2.51. The summed E-state index contributed by atoms with van der Waals surface area (Å²) in [6.07, 6.45) is 4.42. The molecule has 17 heteroatoms. The molecule has 4 aromatic carbocycles. The van der Waals surface area contributed by atoms with Gasteiger partial charge in [0.15, 0.2) is 5.41 Å². The van der Waals surface area contributed by atoms with E-state index in [0.717, 1.165) is 5.39 Å². The van der Waals surface area contributed by atoms with Crippen LogP contribution in [0.1, 0.15) is 33.1 Å². The number of nitrogen functional groups attached to an aromatic ring is 1. The zero-order valence-electron chi connectivity index (χ0n) is 31.2. The van der Waals surface area contributed by atoms with Gasteiger partial charge < -0.3 is 25.2 Å². The third-order valence-corrected chi connectivity index (χ3v) is 13.3. The Bertz CT molecular complexity index is 2790. The Morgan fingerprint density at radius 3 is 1.66 bits per heavy atom. The van der Waals surface area contributed by atoms with Crippen molar-refractivity contribution in [2.24, 2.45) is 11.3 Å². The van der Waals surface area contributed by atoms with Gasteiger partial charge in [-0.05, 0) is 92.1 Å². The molecule has 3 aliphatic rings. The van der Waals surface area contributed by atoms with E-state index in [1.807, 2.05) is 0 Å². The van der Waals surface area contributed by atoms with Crippen molar-refractivity contribution in [2.75, 3.05) is 17.2 Å². The number of fused-ring (bicyclic) bond motifs is 2. The minimum atomic E-state index is -3.73. The number of nitrogens with two attached hydrogens (primary N) is 1. The number of amides is 1. The van der Waals surface area contributed by atoms with Crippen LogP contribution in [0.3, 0.4) is 0 Å². The number of carboxylic acids is 1. The lowest BCUT2D eigenvalue weighted by molar-refractivity contribution is -0.242. The summed E-state index contributed by atoms with van der Waals surface area (Å²) in [5.74, 6) is -4.53. The smallest absolute Gasteiger partial charge is 0.326 e. The molecule has 1 aliphatic carbocycles. The Labute approximate surface area is 333 Å². The number of hydrogen-bond acceptors (Lipinski definition) is 11. The molecule has 1 unspecified atom stereocenters. The van der Waals surface area contributed by atoms with Crippen molar-refractivity contribution in [3.05, 3.63) is 122 Å². The topological polar surface area (TPSA) is 214 Å². The predicted octanol–water partition coefficient (Wildman–Crippen LogP) is 5.38. The van der Waals surface area contributed by atoms with Crippen LogP contribution in [0, 0.1) is 11.3 Å². The Balaban J connectivity index is 0.000000143. The number of anilines is 2. The first kappa shape index (κ1) is 39.8. The van der Waals surface area contributed by atoms with Crippen molar-refractivity contribution in [2.45, 2.75) is 48.7 Å². The van der Waals surface area contributed by atoms with Crippen LogP contribution in [0.2, 0.25) is 0 Å². The van der Waals surface area contributed by atoms with Gasteiger partial charge in [0.2, 0.25) is 5.91 Å². The number of carbonyl (C=O) groups excluding carboxylic acids is 3. The number of hydrogen-bond donors (Lipinski definition) is 2. The van der Waals surface area contributed by atoms with Crippen LogP contribution in [0.25, 0.3) is 21.8 Å². The molecule has 0 radical (unpaired) electrons. The van der Waals surface area contributed by atoms with Crippen molar-refractivity contribution < 1.29 is 50.6 Å². The number of carboxylic acid groups (broad SMARTS) is 1. The molecule has 6 aromatic rings. The van der Waals surface area contributed by atoms with Crippen LogP contribution in [-0.4, -0.2) is 66.0 Å². The van der Waals surface area contributed by atoms with Gasteiger partial charge in [-0.1, -0.05) is 36.4 Å². The molecule has 2 aliphatic heterocycles. The third kappa shape index (κ3) is 7.41. The maximum absolute atomic E-state index is 12.9. The predicted molar refractivity (Wildman–Crippen MR) is 212 cm³/mol. The largest absolute Gasteiger partial charge is 0.481 e. The van der Waals surface area contributed by atoms with Crippen molar-refractivity contribution in [1.82, 2.24) is 7.94 Å². The number of aromatic nitrogens is 2. The fourth-order valence-corrected chi connectivity index (χ4v) is 9.43. The highest BCUT2D eigenvalue weighted by atomic mass is 32.2. The molecule has 1 saturated carbocycles. The van der Waals surface area contributed by atoms with Crippen LogP contribution >= 0.6 is 0 Å². The van der Waals surface area contributed by atoms with E-state index in [2.05, 4.69) is 0 Å². The molecule has 1 spiro atoms. The lowest BCUT2D eigenvalue weighted by Crippen LogP contribution is -2.47. The molecule has 58 heavy (non-hydrogen) atoms. The van der Waals surface area contributed by atoms with Gasteiger partial charge in [-0.15, -0.1) is 0 Å². The summed E-state index contributed by atoms with van der Waals surface area (Å²) in [7, 11) is -7.29. The van der Waals surface area contributed by atoms with Gasteiger partial charge in [0.05, 0.1) is 20.8 Å². The van der Waals surface area contributed by atoms with E-state index < -0.39 is 61.0 Å². The minimum Gasteiger partial charge on any atom is -0.481 e. The van der Waals surface area contributed by atoms with E-state index in [9.17, 15) is 36.0 Å². The number of cyclic esters (lactones) is 2. The van der Waals surface area contributed by atoms with Gasteiger partial charge in [-0.2, -0.15) is 0 Å². The molecule has 0 bridgehead atoms. The third-order valence-electron chi connectivity index (χ3n) is 9.94. The highest BCUT2D eigenvalue weighted by Gasteiger charge is 2.64. The second-order valence-corrected chi connectivity index (χ2v) is 18.0. The summed E-state index contributed by atoms with van der Waals surface area (Å²) < 4.78 is 63.1. The number of rotatable bonds is 6. The van der Waals surface area contributed by atoms with Crippen LogP contribution in [-0.2, 0) is 48.7 Å². The first-order valence-electron chi connectivity index (χ1n) is 18.0. The van der Waals surface area contributed by atoms with Crippen molar-refractivity contribution in [3.63, 3.8) is 0 Å². The molecule has 2 saturated heterocycles. The van der Waals surface area contributed by atoms with Gasteiger partial charge in [0.25, 0.3) is 25.8 Å². The van der Waals surface area contributed by atoms with Crippen LogP contribution < -0.4 is 10.6 Å². The molecule has 3 N–H and O–H groups in total. The van der Waals surface area contributed by atoms with Crippen molar-refractivity contribution in [3.8, 4) is 0 Å². The number of aliphatic carboxylic acids is 1. The summed E-state index contributed by atoms with van der Waals surface area (Å²) in [6.45, 7) is 3.43. The number of nitrogens with zero attached hydrogens (tertiary/aromatic N) is 3. The Kier molecular flexibility index (Phi) is 10.1.